The summed E-state index contributed by atoms with van der Waals surface area (Å²) in [5.74, 6) is -2.78. The van der Waals surface area contributed by atoms with Gasteiger partial charge in [0.05, 0.1) is 5.92 Å². The molecule has 8 heteroatoms. The number of piperidine rings is 1. The van der Waals surface area contributed by atoms with Crippen molar-refractivity contribution in [1.82, 2.24) is 9.88 Å². The average Bonchev–Trinajstić information content (AvgIpc) is 3.04. The van der Waals surface area contributed by atoms with Crippen molar-refractivity contribution >= 4 is 34.4 Å². The van der Waals surface area contributed by atoms with Crippen LogP contribution in [0.15, 0.2) is 24.4 Å². The number of H-pyrrole nitrogens is 1. The quantitative estimate of drug-likeness (QED) is 0.604. The predicted octanol–water partition coefficient (Wildman–Crippen LogP) is 2.68. The van der Waals surface area contributed by atoms with Crippen molar-refractivity contribution in [1.29, 1.82) is 0 Å². The molecule has 0 bridgehead atoms. The van der Waals surface area contributed by atoms with E-state index in [1.165, 1.54) is 0 Å². The molecule has 2 atom stereocenters. The summed E-state index contributed by atoms with van der Waals surface area (Å²) in [6.45, 7) is 4.32. The van der Waals surface area contributed by atoms with Crippen LogP contribution in [0.1, 0.15) is 38.3 Å². The number of benzene rings is 1. The fraction of sp³-hybridized carbons (Fsp3) is 0.450. The van der Waals surface area contributed by atoms with Gasteiger partial charge < -0.3 is 20.5 Å². The molecule has 0 unspecified atom stereocenters. The molecule has 28 heavy (non-hydrogen) atoms. The van der Waals surface area contributed by atoms with Gasteiger partial charge in [-0.15, -0.1) is 0 Å². The molecule has 0 radical (unpaired) electrons. The highest BCUT2D eigenvalue weighted by molar-refractivity contribution is 5.96. The zero-order valence-electron chi connectivity index (χ0n) is 15.9. The Morgan fingerprint density at radius 2 is 2.00 bits per heavy atom. The maximum atomic E-state index is 12.1. The first kappa shape index (κ1) is 19.9. The van der Waals surface area contributed by atoms with E-state index in [0.29, 0.717) is 36.0 Å². The third-order valence-corrected chi connectivity index (χ3v) is 5.20. The highest BCUT2D eigenvalue weighted by Crippen LogP contribution is 2.33. The minimum atomic E-state index is -1.02. The molecule has 1 aromatic heterocycles. The maximum Gasteiger partial charge on any atom is 0.325 e. The van der Waals surface area contributed by atoms with Crippen LogP contribution in [0.5, 0.6) is 0 Å². The summed E-state index contributed by atoms with van der Waals surface area (Å²) in [6.07, 6.45) is 2.85. The number of aromatic nitrogens is 1. The average molecular weight is 387 g/mol. The van der Waals surface area contributed by atoms with E-state index < -0.39 is 23.9 Å². The molecule has 1 amide bonds. The van der Waals surface area contributed by atoms with Crippen LogP contribution in [0.4, 0.5) is 5.69 Å². The summed E-state index contributed by atoms with van der Waals surface area (Å²) in [5.41, 5.74) is 1.92. The van der Waals surface area contributed by atoms with Crippen molar-refractivity contribution in [3.8, 4) is 0 Å². The van der Waals surface area contributed by atoms with Gasteiger partial charge in [-0.2, -0.15) is 0 Å². The number of aromatic amines is 1. The normalized spacial score (nSPS) is 18.9. The molecule has 0 aliphatic carbocycles. The van der Waals surface area contributed by atoms with Gasteiger partial charge in [-0.05, 0) is 37.6 Å². The van der Waals surface area contributed by atoms with Crippen LogP contribution in [0, 0.1) is 11.8 Å². The van der Waals surface area contributed by atoms with E-state index in [9.17, 15) is 24.6 Å². The number of nitrogens with one attached hydrogen (secondary N) is 2. The molecule has 1 saturated heterocycles. The summed E-state index contributed by atoms with van der Waals surface area (Å²) in [4.78, 5) is 40.2. The number of carboxylic acids is 2. The second-order valence-corrected chi connectivity index (χ2v) is 7.56. The monoisotopic (exact) mass is 387 g/mol. The molecule has 0 saturated carbocycles. The van der Waals surface area contributed by atoms with Crippen molar-refractivity contribution in [3.05, 3.63) is 30.0 Å². The van der Waals surface area contributed by atoms with Gasteiger partial charge in [0.1, 0.15) is 6.04 Å². The Morgan fingerprint density at radius 1 is 1.25 bits per heavy atom. The van der Waals surface area contributed by atoms with Crippen LogP contribution in [0.2, 0.25) is 0 Å². The molecular formula is C20H25N3O5. The Labute approximate surface area is 162 Å². The van der Waals surface area contributed by atoms with Crippen molar-refractivity contribution in [2.24, 2.45) is 11.8 Å². The lowest BCUT2D eigenvalue weighted by atomic mass is 9.94. The third kappa shape index (κ3) is 4.01. The molecule has 1 aromatic carbocycles. The summed E-state index contributed by atoms with van der Waals surface area (Å²) in [5, 5.41) is 22.7. The number of fused-ring (bicyclic) bond motifs is 1. The van der Waals surface area contributed by atoms with Crippen LogP contribution in [-0.2, 0) is 14.4 Å². The molecule has 2 heterocycles. The van der Waals surface area contributed by atoms with Gasteiger partial charge in [-0.3, -0.25) is 19.3 Å². The highest BCUT2D eigenvalue weighted by Gasteiger charge is 2.35. The Balaban J connectivity index is 1.95. The van der Waals surface area contributed by atoms with E-state index in [1.54, 1.807) is 43.1 Å². The van der Waals surface area contributed by atoms with Gasteiger partial charge in [0, 0.05) is 40.8 Å². The van der Waals surface area contributed by atoms with Crippen molar-refractivity contribution in [2.75, 3.05) is 18.4 Å². The Bertz CT molecular complexity index is 904. The molecule has 150 valence electrons. The second kappa shape index (κ2) is 8.02. The standard InChI is InChI=1S/C20H25N3O5/c1-11(2)18(24)22-13-5-6-16-14(8-13)15(9-21-16)17(20(27)28)23-7-3-4-12(10-23)19(25)26/h5-6,8-9,11-12,17,21H,3-4,7,10H2,1-2H3,(H,22,24)(H,25,26)(H,27,28)/t12-,17+/m1/s1. The third-order valence-electron chi connectivity index (χ3n) is 5.20. The molecule has 1 aliphatic rings. The number of rotatable bonds is 6. The lowest BCUT2D eigenvalue weighted by Crippen LogP contribution is -2.43. The number of carboxylic acid groups (broad SMARTS) is 2. The number of amides is 1. The van der Waals surface area contributed by atoms with Crippen molar-refractivity contribution in [2.45, 2.75) is 32.7 Å². The number of aliphatic carboxylic acids is 2. The Hall–Kier alpha value is -2.87. The van der Waals surface area contributed by atoms with Crippen LogP contribution in [0.3, 0.4) is 0 Å². The van der Waals surface area contributed by atoms with E-state index in [0.717, 1.165) is 5.52 Å². The number of hydrogen-bond acceptors (Lipinski definition) is 4. The lowest BCUT2D eigenvalue weighted by molar-refractivity contribution is -0.149. The summed E-state index contributed by atoms with van der Waals surface area (Å²) in [7, 11) is 0. The van der Waals surface area contributed by atoms with E-state index >= 15 is 0 Å². The van der Waals surface area contributed by atoms with Gasteiger partial charge in [0.15, 0.2) is 0 Å². The predicted molar refractivity (Wildman–Crippen MR) is 104 cm³/mol. The molecule has 3 rings (SSSR count). The molecular weight excluding hydrogens is 362 g/mol. The SMILES string of the molecule is CC(C)C(=O)Nc1ccc2[nH]cc([C@@H](C(=O)O)N3CCC[C@@H](C(=O)O)C3)c2c1. The first-order chi connectivity index (χ1) is 13.3. The summed E-state index contributed by atoms with van der Waals surface area (Å²) >= 11 is 0. The van der Waals surface area contributed by atoms with E-state index in [2.05, 4.69) is 10.3 Å². The second-order valence-electron chi connectivity index (χ2n) is 7.56. The van der Waals surface area contributed by atoms with Crippen molar-refractivity contribution in [3.63, 3.8) is 0 Å². The van der Waals surface area contributed by atoms with Gasteiger partial charge in [-0.1, -0.05) is 13.8 Å². The zero-order chi connectivity index (χ0) is 20.4. The Morgan fingerprint density at radius 3 is 2.64 bits per heavy atom. The largest absolute Gasteiger partial charge is 0.481 e. The molecule has 1 fully saturated rings. The molecule has 0 spiro atoms. The molecule has 4 N–H and O–H groups in total. The number of anilines is 1. The molecule has 8 nitrogen and oxygen atoms in total. The fourth-order valence-corrected chi connectivity index (χ4v) is 3.66. The number of carbonyl (C=O) groups excluding carboxylic acids is 1. The Kier molecular flexibility index (Phi) is 5.69. The van der Waals surface area contributed by atoms with Crippen LogP contribution < -0.4 is 5.32 Å². The van der Waals surface area contributed by atoms with Crippen LogP contribution >= 0.6 is 0 Å². The molecule has 1 aliphatic heterocycles. The molecule has 2 aromatic rings. The first-order valence-corrected chi connectivity index (χ1v) is 9.39. The smallest absolute Gasteiger partial charge is 0.325 e. The highest BCUT2D eigenvalue weighted by atomic mass is 16.4. The van der Waals surface area contributed by atoms with Crippen molar-refractivity contribution < 1.29 is 24.6 Å². The van der Waals surface area contributed by atoms with Gasteiger partial charge in [-0.25, -0.2) is 0 Å². The first-order valence-electron chi connectivity index (χ1n) is 9.39. The number of likely N-dealkylation sites (tertiary alicyclic amines) is 1. The summed E-state index contributed by atoms with van der Waals surface area (Å²) in [6, 6.07) is 4.37. The van der Waals surface area contributed by atoms with Gasteiger partial charge >= 0.3 is 11.9 Å². The zero-order valence-corrected chi connectivity index (χ0v) is 15.9. The van der Waals surface area contributed by atoms with E-state index in [-0.39, 0.29) is 18.4 Å². The van der Waals surface area contributed by atoms with E-state index in [1.807, 2.05) is 0 Å². The minimum Gasteiger partial charge on any atom is -0.481 e. The van der Waals surface area contributed by atoms with Gasteiger partial charge in [0.25, 0.3) is 0 Å². The maximum absolute atomic E-state index is 12.1. The number of carbonyl (C=O) groups is 3. The van der Waals surface area contributed by atoms with Crippen LogP contribution in [0.25, 0.3) is 10.9 Å². The fourth-order valence-electron chi connectivity index (χ4n) is 3.66. The lowest BCUT2D eigenvalue weighted by Gasteiger charge is -2.34. The van der Waals surface area contributed by atoms with Crippen LogP contribution in [-0.4, -0.2) is 51.0 Å². The minimum absolute atomic E-state index is 0.119. The number of nitrogens with zero attached hydrogens (tertiary/aromatic N) is 1. The summed E-state index contributed by atoms with van der Waals surface area (Å²) < 4.78 is 0. The van der Waals surface area contributed by atoms with Gasteiger partial charge in [0.2, 0.25) is 5.91 Å². The van der Waals surface area contributed by atoms with E-state index in [4.69, 9.17) is 0 Å². The topological polar surface area (TPSA) is 123 Å². The number of hydrogen-bond donors (Lipinski definition) is 4.